The molecule has 0 heterocycles. The van der Waals surface area contributed by atoms with Gasteiger partial charge in [0.1, 0.15) is 0 Å². The summed E-state index contributed by atoms with van der Waals surface area (Å²) < 4.78 is 0. The van der Waals surface area contributed by atoms with Gasteiger partial charge in [0.25, 0.3) is 0 Å². The lowest BCUT2D eigenvalue weighted by Crippen LogP contribution is -2.09. The highest BCUT2D eigenvalue weighted by molar-refractivity contribution is 6.39. The fourth-order valence-electron chi connectivity index (χ4n) is 3.58. The van der Waals surface area contributed by atoms with Crippen molar-refractivity contribution in [2.24, 2.45) is 0 Å². The van der Waals surface area contributed by atoms with E-state index in [0.29, 0.717) is 10.0 Å². The maximum absolute atomic E-state index is 11.2. The zero-order chi connectivity index (χ0) is 19.2. The van der Waals surface area contributed by atoms with Crippen molar-refractivity contribution in [3.05, 3.63) is 92.4 Å². The molecule has 0 aliphatic heterocycles. The van der Waals surface area contributed by atoms with Crippen LogP contribution >= 0.6 is 34.8 Å². The second-order valence-electron chi connectivity index (χ2n) is 6.76. The van der Waals surface area contributed by atoms with Crippen LogP contribution in [0, 0.1) is 0 Å². The lowest BCUT2D eigenvalue weighted by Gasteiger charge is -2.18. The minimum Gasteiger partial charge on any atom is -0.478 e. The number of carboxylic acid groups (broad SMARTS) is 1. The summed E-state index contributed by atoms with van der Waals surface area (Å²) in [7, 11) is 0. The smallest absolute Gasteiger partial charge is 0.337 e. The summed E-state index contributed by atoms with van der Waals surface area (Å²) in [5, 5.41) is 10.7. The first-order valence-electron chi connectivity index (χ1n) is 8.51. The molecule has 3 aromatic carbocycles. The fraction of sp³-hybridized carbons (Fsp3) is 0.136. The number of carboxylic acids is 1. The molecule has 0 bridgehead atoms. The third-order valence-electron chi connectivity index (χ3n) is 5.19. The molecule has 0 radical (unpaired) electrons. The van der Waals surface area contributed by atoms with Crippen LogP contribution in [0.2, 0.25) is 15.1 Å². The molecule has 1 aliphatic carbocycles. The van der Waals surface area contributed by atoms with Crippen LogP contribution in [-0.4, -0.2) is 11.1 Å². The Kier molecular flexibility index (Phi) is 4.67. The fourth-order valence-corrected chi connectivity index (χ4v) is 4.46. The van der Waals surface area contributed by atoms with Gasteiger partial charge in [-0.2, -0.15) is 0 Å². The third kappa shape index (κ3) is 3.23. The van der Waals surface area contributed by atoms with Gasteiger partial charge in [-0.1, -0.05) is 71.2 Å². The van der Waals surface area contributed by atoms with E-state index in [0.717, 1.165) is 29.5 Å². The van der Waals surface area contributed by atoms with Crippen molar-refractivity contribution in [1.82, 2.24) is 0 Å². The molecular formula is C22H15Cl3O2. The van der Waals surface area contributed by atoms with Crippen LogP contribution in [0.1, 0.15) is 34.3 Å². The van der Waals surface area contributed by atoms with Crippen LogP contribution in [0.3, 0.4) is 0 Å². The van der Waals surface area contributed by atoms with E-state index in [4.69, 9.17) is 39.9 Å². The summed E-state index contributed by atoms with van der Waals surface area (Å²) >= 11 is 18.8. The van der Waals surface area contributed by atoms with Crippen molar-refractivity contribution in [1.29, 1.82) is 0 Å². The minimum absolute atomic E-state index is 0.108. The van der Waals surface area contributed by atoms with E-state index in [-0.39, 0.29) is 16.0 Å². The molecular weight excluding hydrogens is 403 g/mol. The summed E-state index contributed by atoms with van der Waals surface area (Å²) in [5.41, 5.74) is 4.02. The molecule has 27 heavy (non-hydrogen) atoms. The Morgan fingerprint density at radius 1 is 0.815 bits per heavy atom. The van der Waals surface area contributed by atoms with E-state index in [1.54, 1.807) is 12.1 Å². The van der Waals surface area contributed by atoms with E-state index in [1.165, 1.54) is 5.56 Å². The first-order valence-corrected chi connectivity index (χ1v) is 9.64. The van der Waals surface area contributed by atoms with E-state index in [1.807, 2.05) is 36.4 Å². The third-order valence-corrected chi connectivity index (χ3v) is 6.13. The zero-order valence-electron chi connectivity index (χ0n) is 14.2. The van der Waals surface area contributed by atoms with Crippen LogP contribution in [0.25, 0.3) is 11.1 Å². The maximum atomic E-state index is 11.2. The van der Waals surface area contributed by atoms with Crippen molar-refractivity contribution < 1.29 is 9.90 Å². The zero-order valence-corrected chi connectivity index (χ0v) is 16.4. The molecule has 0 aromatic heterocycles. The molecule has 136 valence electrons. The van der Waals surface area contributed by atoms with Crippen LogP contribution in [0.5, 0.6) is 0 Å². The van der Waals surface area contributed by atoms with Gasteiger partial charge in [-0.15, -0.1) is 0 Å². The van der Waals surface area contributed by atoms with Crippen molar-refractivity contribution in [2.75, 3.05) is 0 Å². The molecule has 1 saturated carbocycles. The van der Waals surface area contributed by atoms with Crippen LogP contribution < -0.4 is 0 Å². The largest absolute Gasteiger partial charge is 0.478 e. The molecule has 2 nitrogen and oxygen atoms in total. The van der Waals surface area contributed by atoms with E-state index in [9.17, 15) is 4.79 Å². The standard InChI is InChI=1S/C22H15Cl3O2/c23-17-2-1-3-18(24)20(17)13-4-6-14(7-5-13)22(10-11-22)15-8-9-16(21(26)27)19(25)12-15/h1-9,12H,10-11H2,(H,26,27). The highest BCUT2D eigenvalue weighted by atomic mass is 35.5. The Morgan fingerprint density at radius 2 is 1.41 bits per heavy atom. The molecule has 0 atom stereocenters. The van der Waals surface area contributed by atoms with Crippen molar-refractivity contribution >= 4 is 40.8 Å². The number of hydrogen-bond donors (Lipinski definition) is 1. The summed E-state index contributed by atoms with van der Waals surface area (Å²) in [5.74, 6) is -1.02. The van der Waals surface area contributed by atoms with Gasteiger partial charge in [0.2, 0.25) is 0 Å². The number of hydrogen-bond acceptors (Lipinski definition) is 1. The molecule has 0 saturated heterocycles. The first-order chi connectivity index (χ1) is 12.9. The van der Waals surface area contributed by atoms with Gasteiger partial charge >= 0.3 is 5.97 Å². The second-order valence-corrected chi connectivity index (χ2v) is 7.98. The van der Waals surface area contributed by atoms with Crippen LogP contribution in [0.4, 0.5) is 0 Å². The molecule has 1 N–H and O–H groups in total. The van der Waals surface area contributed by atoms with E-state index in [2.05, 4.69) is 12.1 Å². The minimum atomic E-state index is -1.02. The Hall–Kier alpha value is -2.00. The summed E-state index contributed by atoms with van der Waals surface area (Å²) in [6.07, 6.45) is 2.00. The highest BCUT2D eigenvalue weighted by Crippen LogP contribution is 2.54. The van der Waals surface area contributed by atoms with Gasteiger partial charge in [-0.25, -0.2) is 4.79 Å². The molecule has 0 spiro atoms. The van der Waals surface area contributed by atoms with Gasteiger partial charge in [-0.3, -0.25) is 0 Å². The average Bonchev–Trinajstić information content (AvgIpc) is 3.44. The highest BCUT2D eigenvalue weighted by Gasteiger charge is 2.46. The number of halogens is 3. The second kappa shape index (κ2) is 6.87. The Balaban J connectivity index is 1.70. The Bertz CT molecular complexity index is 1020. The monoisotopic (exact) mass is 416 g/mol. The predicted molar refractivity (Wildman–Crippen MR) is 110 cm³/mol. The van der Waals surface area contributed by atoms with E-state index < -0.39 is 5.97 Å². The normalized spacial score (nSPS) is 14.8. The molecule has 1 aliphatic rings. The average molecular weight is 418 g/mol. The maximum Gasteiger partial charge on any atom is 0.337 e. The lowest BCUT2D eigenvalue weighted by molar-refractivity contribution is 0.0697. The molecule has 5 heteroatoms. The van der Waals surface area contributed by atoms with Crippen LogP contribution in [-0.2, 0) is 5.41 Å². The summed E-state index contributed by atoms with van der Waals surface area (Å²) in [6.45, 7) is 0. The Morgan fingerprint density at radius 3 is 1.93 bits per heavy atom. The van der Waals surface area contributed by atoms with Crippen molar-refractivity contribution in [2.45, 2.75) is 18.3 Å². The van der Waals surface area contributed by atoms with Gasteiger partial charge in [0.15, 0.2) is 0 Å². The molecule has 3 aromatic rings. The Labute approximate surface area is 172 Å². The lowest BCUT2D eigenvalue weighted by atomic mass is 9.86. The summed E-state index contributed by atoms with van der Waals surface area (Å²) in [4.78, 5) is 11.2. The summed E-state index contributed by atoms with van der Waals surface area (Å²) in [6, 6.07) is 18.9. The number of rotatable bonds is 4. The molecule has 0 unspecified atom stereocenters. The predicted octanol–water partition coefficient (Wildman–Crippen LogP) is 7.09. The van der Waals surface area contributed by atoms with Gasteiger partial charge in [0.05, 0.1) is 10.6 Å². The topological polar surface area (TPSA) is 37.3 Å². The van der Waals surface area contributed by atoms with Gasteiger partial charge in [-0.05, 0) is 53.8 Å². The molecule has 0 amide bonds. The van der Waals surface area contributed by atoms with Crippen molar-refractivity contribution in [3.8, 4) is 11.1 Å². The first kappa shape index (κ1) is 18.4. The quantitative estimate of drug-likeness (QED) is 0.492. The van der Waals surface area contributed by atoms with Gasteiger partial charge in [0, 0.05) is 21.0 Å². The van der Waals surface area contributed by atoms with Crippen molar-refractivity contribution in [3.63, 3.8) is 0 Å². The van der Waals surface area contributed by atoms with Crippen LogP contribution in [0.15, 0.2) is 60.7 Å². The van der Waals surface area contributed by atoms with E-state index >= 15 is 0 Å². The molecule has 4 rings (SSSR count). The number of benzene rings is 3. The van der Waals surface area contributed by atoms with Gasteiger partial charge < -0.3 is 5.11 Å². The molecule has 1 fully saturated rings. The number of aromatic carboxylic acids is 1. The SMILES string of the molecule is O=C(O)c1ccc(C2(c3ccc(-c4c(Cl)cccc4Cl)cc3)CC2)cc1Cl. The number of carbonyl (C=O) groups is 1.